The van der Waals surface area contributed by atoms with Crippen LogP contribution < -0.4 is 5.32 Å². The molecular weight excluding hydrogens is 380 g/mol. The molecule has 2 aromatic rings. The van der Waals surface area contributed by atoms with E-state index in [4.69, 9.17) is 0 Å². The minimum Gasteiger partial charge on any atom is -0.325 e. The number of anilines is 1. The number of amides is 1. The predicted molar refractivity (Wildman–Crippen MR) is 110 cm³/mol. The standard InChI is InChI=1S/C20H24N2O3S2/c1-14-6-11-19(15(2)13-14)26-17-9-7-16(8-10-17)21-20(23)18-5-4-12-22(18)27(3,24)25/h6-11,13,18H,4-5,12H2,1-3H3,(H,21,23). The first-order chi connectivity index (χ1) is 12.7. The number of aryl methyl sites for hydroxylation is 2. The molecule has 7 heteroatoms. The van der Waals surface area contributed by atoms with Gasteiger partial charge in [0.1, 0.15) is 6.04 Å². The Hall–Kier alpha value is -1.83. The number of carbonyl (C=O) groups excluding carboxylic acids is 1. The number of rotatable bonds is 5. The third-order valence-corrected chi connectivity index (χ3v) is 7.09. The molecule has 1 unspecified atom stereocenters. The summed E-state index contributed by atoms with van der Waals surface area (Å²) in [4.78, 5) is 14.8. The molecule has 2 aromatic carbocycles. The lowest BCUT2D eigenvalue weighted by Gasteiger charge is -2.21. The van der Waals surface area contributed by atoms with E-state index in [0.29, 0.717) is 25.1 Å². The van der Waals surface area contributed by atoms with Crippen molar-refractivity contribution in [2.24, 2.45) is 0 Å². The van der Waals surface area contributed by atoms with Crippen molar-refractivity contribution in [3.8, 4) is 0 Å². The van der Waals surface area contributed by atoms with Gasteiger partial charge in [0, 0.05) is 22.0 Å². The molecule has 0 aliphatic carbocycles. The Labute approximate surface area is 165 Å². The van der Waals surface area contributed by atoms with Crippen LogP contribution in [0, 0.1) is 13.8 Å². The fourth-order valence-electron chi connectivity index (χ4n) is 3.27. The van der Waals surface area contributed by atoms with Crippen molar-refractivity contribution in [1.29, 1.82) is 0 Å². The molecule has 1 aliphatic heterocycles. The molecule has 1 fully saturated rings. The summed E-state index contributed by atoms with van der Waals surface area (Å²) in [6.07, 6.45) is 2.41. The summed E-state index contributed by atoms with van der Waals surface area (Å²) >= 11 is 1.68. The predicted octanol–water partition coefficient (Wildman–Crippen LogP) is 3.82. The van der Waals surface area contributed by atoms with Crippen LogP contribution in [0.25, 0.3) is 0 Å². The molecule has 0 spiro atoms. The molecule has 1 saturated heterocycles. The van der Waals surface area contributed by atoms with Gasteiger partial charge >= 0.3 is 0 Å². The lowest BCUT2D eigenvalue weighted by Crippen LogP contribution is -2.42. The quantitative estimate of drug-likeness (QED) is 0.823. The molecule has 1 atom stereocenters. The van der Waals surface area contributed by atoms with Gasteiger partial charge in [0.25, 0.3) is 0 Å². The van der Waals surface area contributed by atoms with E-state index in [2.05, 4.69) is 37.4 Å². The minimum absolute atomic E-state index is 0.271. The average Bonchev–Trinajstić information content (AvgIpc) is 3.09. The second-order valence-electron chi connectivity index (χ2n) is 6.92. The normalized spacial score (nSPS) is 17.8. The molecule has 144 valence electrons. The molecule has 0 aromatic heterocycles. The van der Waals surface area contributed by atoms with E-state index in [-0.39, 0.29) is 5.91 Å². The maximum absolute atomic E-state index is 12.5. The third kappa shape index (κ3) is 4.91. The largest absolute Gasteiger partial charge is 0.325 e. The maximum Gasteiger partial charge on any atom is 0.242 e. The molecule has 1 N–H and O–H groups in total. The van der Waals surface area contributed by atoms with Crippen molar-refractivity contribution in [2.75, 3.05) is 18.1 Å². The van der Waals surface area contributed by atoms with Gasteiger partial charge in [-0.05, 0) is 62.6 Å². The van der Waals surface area contributed by atoms with Gasteiger partial charge in [0.15, 0.2) is 0 Å². The second-order valence-corrected chi connectivity index (χ2v) is 9.97. The van der Waals surface area contributed by atoms with Gasteiger partial charge in [-0.1, -0.05) is 29.5 Å². The maximum atomic E-state index is 12.5. The fraction of sp³-hybridized carbons (Fsp3) is 0.350. The molecule has 1 aliphatic rings. The summed E-state index contributed by atoms with van der Waals surface area (Å²) in [5, 5.41) is 2.84. The Morgan fingerprint density at radius 3 is 2.48 bits per heavy atom. The first kappa shape index (κ1) is 19.9. The van der Waals surface area contributed by atoms with Crippen molar-refractivity contribution in [1.82, 2.24) is 4.31 Å². The van der Waals surface area contributed by atoms with E-state index in [1.165, 1.54) is 20.3 Å². The first-order valence-corrected chi connectivity index (χ1v) is 11.5. The van der Waals surface area contributed by atoms with Gasteiger partial charge in [0.2, 0.25) is 15.9 Å². The number of carbonyl (C=O) groups is 1. The molecule has 1 heterocycles. The van der Waals surface area contributed by atoms with Gasteiger partial charge in [-0.2, -0.15) is 4.31 Å². The summed E-state index contributed by atoms with van der Waals surface area (Å²) in [7, 11) is -3.37. The SMILES string of the molecule is Cc1ccc(Sc2ccc(NC(=O)C3CCCN3S(C)(=O)=O)cc2)c(C)c1. The third-order valence-electron chi connectivity index (χ3n) is 4.61. The number of sulfonamides is 1. The average molecular weight is 405 g/mol. The van der Waals surface area contributed by atoms with Crippen molar-refractivity contribution in [2.45, 2.75) is 42.5 Å². The summed E-state index contributed by atoms with van der Waals surface area (Å²) in [6.45, 7) is 4.58. The Balaban J connectivity index is 1.66. The Morgan fingerprint density at radius 2 is 1.85 bits per heavy atom. The van der Waals surface area contributed by atoms with Crippen LogP contribution in [0.15, 0.2) is 52.3 Å². The van der Waals surface area contributed by atoms with Crippen LogP contribution in [-0.4, -0.2) is 37.5 Å². The zero-order chi connectivity index (χ0) is 19.6. The van der Waals surface area contributed by atoms with Gasteiger partial charge in [-0.15, -0.1) is 0 Å². The highest BCUT2D eigenvalue weighted by Crippen LogP contribution is 2.31. The Morgan fingerprint density at radius 1 is 1.15 bits per heavy atom. The highest BCUT2D eigenvalue weighted by atomic mass is 32.2. The zero-order valence-corrected chi connectivity index (χ0v) is 17.4. The van der Waals surface area contributed by atoms with Gasteiger partial charge < -0.3 is 5.32 Å². The monoisotopic (exact) mass is 404 g/mol. The van der Waals surface area contributed by atoms with Crippen molar-refractivity contribution >= 4 is 33.4 Å². The highest BCUT2D eigenvalue weighted by Gasteiger charge is 2.36. The van der Waals surface area contributed by atoms with E-state index in [1.54, 1.807) is 11.8 Å². The van der Waals surface area contributed by atoms with Gasteiger partial charge in [-0.25, -0.2) is 8.42 Å². The molecule has 27 heavy (non-hydrogen) atoms. The van der Waals surface area contributed by atoms with Crippen LogP contribution in [0.1, 0.15) is 24.0 Å². The number of hydrogen-bond acceptors (Lipinski definition) is 4. The number of hydrogen-bond donors (Lipinski definition) is 1. The van der Waals surface area contributed by atoms with Crippen LogP contribution >= 0.6 is 11.8 Å². The number of nitrogens with one attached hydrogen (secondary N) is 1. The van der Waals surface area contributed by atoms with E-state index < -0.39 is 16.1 Å². The Bertz CT molecular complexity index is 940. The van der Waals surface area contributed by atoms with Crippen LogP contribution in [0.4, 0.5) is 5.69 Å². The smallest absolute Gasteiger partial charge is 0.242 e. The van der Waals surface area contributed by atoms with E-state index in [1.807, 2.05) is 24.3 Å². The van der Waals surface area contributed by atoms with E-state index >= 15 is 0 Å². The molecule has 1 amide bonds. The number of benzene rings is 2. The van der Waals surface area contributed by atoms with Crippen LogP contribution in [0.3, 0.4) is 0 Å². The molecular formula is C20H24N2O3S2. The summed E-state index contributed by atoms with van der Waals surface area (Å²) in [6, 6.07) is 13.4. The zero-order valence-electron chi connectivity index (χ0n) is 15.7. The van der Waals surface area contributed by atoms with E-state index in [0.717, 1.165) is 11.2 Å². The molecule has 0 radical (unpaired) electrons. The topological polar surface area (TPSA) is 66.5 Å². The molecule has 0 saturated carbocycles. The minimum atomic E-state index is -3.37. The van der Waals surface area contributed by atoms with Crippen LogP contribution in [-0.2, 0) is 14.8 Å². The van der Waals surface area contributed by atoms with Gasteiger partial charge in [-0.3, -0.25) is 4.79 Å². The molecule has 3 rings (SSSR count). The van der Waals surface area contributed by atoms with Crippen LogP contribution in [0.5, 0.6) is 0 Å². The van der Waals surface area contributed by atoms with Crippen LogP contribution in [0.2, 0.25) is 0 Å². The van der Waals surface area contributed by atoms with Crippen molar-refractivity contribution in [3.05, 3.63) is 53.6 Å². The van der Waals surface area contributed by atoms with Crippen molar-refractivity contribution in [3.63, 3.8) is 0 Å². The summed E-state index contributed by atoms with van der Waals surface area (Å²) in [5.74, 6) is -0.271. The summed E-state index contributed by atoms with van der Waals surface area (Å²) < 4.78 is 24.9. The Kier molecular flexibility index (Phi) is 5.93. The molecule has 0 bridgehead atoms. The van der Waals surface area contributed by atoms with Gasteiger partial charge in [0.05, 0.1) is 6.26 Å². The lowest BCUT2D eigenvalue weighted by atomic mass is 10.2. The van der Waals surface area contributed by atoms with E-state index in [9.17, 15) is 13.2 Å². The second kappa shape index (κ2) is 8.04. The molecule has 5 nitrogen and oxygen atoms in total. The fourth-order valence-corrected chi connectivity index (χ4v) is 5.28. The van der Waals surface area contributed by atoms with Crippen molar-refractivity contribution < 1.29 is 13.2 Å². The highest BCUT2D eigenvalue weighted by molar-refractivity contribution is 7.99. The summed E-state index contributed by atoms with van der Waals surface area (Å²) in [5.41, 5.74) is 3.15. The number of nitrogens with zero attached hydrogens (tertiary/aromatic N) is 1. The first-order valence-electron chi connectivity index (χ1n) is 8.87. The lowest BCUT2D eigenvalue weighted by molar-refractivity contribution is -0.119.